The molecule has 0 bridgehead atoms. The number of hydrogen-bond acceptors (Lipinski definition) is 4. The van der Waals surface area contributed by atoms with E-state index in [-0.39, 0.29) is 30.6 Å². The fraction of sp³-hybridized carbons (Fsp3) is 0.348. The van der Waals surface area contributed by atoms with Crippen molar-refractivity contribution in [2.75, 3.05) is 19.6 Å². The molecule has 0 radical (unpaired) electrons. The molecule has 156 valence electrons. The summed E-state index contributed by atoms with van der Waals surface area (Å²) in [5.41, 5.74) is 3.88. The normalized spacial score (nSPS) is 16.8. The van der Waals surface area contributed by atoms with Crippen molar-refractivity contribution in [3.8, 4) is 0 Å². The van der Waals surface area contributed by atoms with Gasteiger partial charge in [-0.1, -0.05) is 36.4 Å². The summed E-state index contributed by atoms with van der Waals surface area (Å²) >= 11 is 0. The number of hydrogen-bond donors (Lipinski definition) is 1. The van der Waals surface area contributed by atoms with Gasteiger partial charge in [0.2, 0.25) is 5.91 Å². The third kappa shape index (κ3) is 4.91. The summed E-state index contributed by atoms with van der Waals surface area (Å²) in [6, 6.07) is 14.4. The molecule has 2 aromatic rings. The van der Waals surface area contributed by atoms with Crippen molar-refractivity contribution in [1.29, 1.82) is 0 Å². The minimum absolute atomic E-state index is 0.136. The van der Waals surface area contributed by atoms with Crippen LogP contribution < -0.4 is 5.32 Å². The molecule has 0 spiro atoms. The molecular weight excluding hydrogens is 383 g/mol. The summed E-state index contributed by atoms with van der Waals surface area (Å²) in [7, 11) is 0. The molecule has 2 amide bonds. The van der Waals surface area contributed by atoms with Crippen LogP contribution in [-0.4, -0.2) is 47.1 Å². The summed E-state index contributed by atoms with van der Waals surface area (Å²) in [5.74, 6) is -0.698. The molecule has 2 heterocycles. The number of carbonyl (C=O) groups is 2. The van der Waals surface area contributed by atoms with Gasteiger partial charge in [0.05, 0.1) is 6.54 Å². The number of halogens is 1. The molecule has 0 saturated heterocycles. The van der Waals surface area contributed by atoms with Gasteiger partial charge >= 0.3 is 0 Å². The molecule has 2 aliphatic rings. The fourth-order valence-corrected chi connectivity index (χ4v) is 3.83. The lowest BCUT2D eigenvalue weighted by Crippen LogP contribution is -2.42. The van der Waals surface area contributed by atoms with E-state index in [0.717, 1.165) is 31.6 Å². The average Bonchev–Trinajstić information content (AvgIpc) is 2.76. The van der Waals surface area contributed by atoms with Crippen LogP contribution in [0.5, 0.6) is 0 Å². The van der Waals surface area contributed by atoms with E-state index in [2.05, 4.69) is 39.6 Å². The Morgan fingerprint density at radius 3 is 2.60 bits per heavy atom. The van der Waals surface area contributed by atoms with E-state index in [0.29, 0.717) is 18.7 Å². The van der Waals surface area contributed by atoms with Crippen molar-refractivity contribution in [1.82, 2.24) is 15.2 Å². The SMILES string of the molecule is O=C(NCCN1CCc2ccccc2C1)C1=NN(Cc2ccc(F)cc2)C(=O)CC1. The maximum atomic E-state index is 13.1. The molecule has 0 atom stereocenters. The van der Waals surface area contributed by atoms with Gasteiger partial charge < -0.3 is 5.32 Å². The fourth-order valence-electron chi connectivity index (χ4n) is 3.83. The minimum atomic E-state index is -0.329. The number of fused-ring (bicyclic) bond motifs is 1. The maximum absolute atomic E-state index is 13.1. The van der Waals surface area contributed by atoms with Gasteiger partial charge in [0.25, 0.3) is 5.91 Å². The van der Waals surface area contributed by atoms with Crippen molar-refractivity contribution >= 4 is 17.5 Å². The van der Waals surface area contributed by atoms with Crippen LogP contribution in [0.1, 0.15) is 29.5 Å². The van der Waals surface area contributed by atoms with Crippen LogP contribution in [0.25, 0.3) is 0 Å². The van der Waals surface area contributed by atoms with Gasteiger partial charge in [-0.3, -0.25) is 14.5 Å². The van der Waals surface area contributed by atoms with Crippen molar-refractivity contribution < 1.29 is 14.0 Å². The smallest absolute Gasteiger partial charge is 0.267 e. The Balaban J connectivity index is 1.29. The van der Waals surface area contributed by atoms with E-state index in [1.54, 1.807) is 12.1 Å². The van der Waals surface area contributed by atoms with Gasteiger partial charge in [0, 0.05) is 39.0 Å². The number of amides is 2. The molecule has 2 aromatic carbocycles. The Hall–Kier alpha value is -3.06. The van der Waals surface area contributed by atoms with Crippen LogP contribution >= 0.6 is 0 Å². The van der Waals surface area contributed by atoms with Crippen molar-refractivity contribution in [2.24, 2.45) is 5.10 Å². The van der Waals surface area contributed by atoms with Gasteiger partial charge in [-0.05, 0) is 35.2 Å². The highest BCUT2D eigenvalue weighted by atomic mass is 19.1. The van der Waals surface area contributed by atoms with Crippen LogP contribution in [0.4, 0.5) is 4.39 Å². The molecule has 4 rings (SSSR count). The van der Waals surface area contributed by atoms with Gasteiger partial charge in [0.15, 0.2) is 0 Å². The number of hydrazone groups is 1. The predicted octanol–water partition coefficient (Wildman–Crippen LogP) is 2.48. The third-order valence-electron chi connectivity index (χ3n) is 5.54. The van der Waals surface area contributed by atoms with E-state index in [9.17, 15) is 14.0 Å². The largest absolute Gasteiger partial charge is 0.350 e. The summed E-state index contributed by atoms with van der Waals surface area (Å²) in [5, 5.41) is 8.49. The lowest BCUT2D eigenvalue weighted by molar-refractivity contribution is -0.132. The van der Waals surface area contributed by atoms with Gasteiger partial charge in [-0.2, -0.15) is 5.10 Å². The first kappa shape index (κ1) is 20.2. The number of nitrogens with one attached hydrogen (secondary N) is 1. The first-order chi connectivity index (χ1) is 14.6. The first-order valence-corrected chi connectivity index (χ1v) is 10.3. The second-order valence-electron chi connectivity index (χ2n) is 7.68. The molecular formula is C23H25FN4O2. The molecule has 0 saturated carbocycles. The number of carbonyl (C=O) groups excluding carboxylic acids is 2. The maximum Gasteiger partial charge on any atom is 0.267 e. The zero-order chi connectivity index (χ0) is 20.9. The minimum Gasteiger partial charge on any atom is -0.350 e. The third-order valence-corrected chi connectivity index (χ3v) is 5.54. The predicted molar refractivity (Wildman–Crippen MR) is 112 cm³/mol. The van der Waals surface area contributed by atoms with E-state index >= 15 is 0 Å². The summed E-state index contributed by atoms with van der Waals surface area (Å²) < 4.78 is 13.1. The highest BCUT2D eigenvalue weighted by Crippen LogP contribution is 2.18. The highest BCUT2D eigenvalue weighted by molar-refractivity contribution is 6.39. The zero-order valence-electron chi connectivity index (χ0n) is 16.8. The molecule has 30 heavy (non-hydrogen) atoms. The zero-order valence-corrected chi connectivity index (χ0v) is 16.8. The van der Waals surface area contributed by atoms with E-state index in [4.69, 9.17) is 0 Å². The molecule has 2 aliphatic heterocycles. The highest BCUT2D eigenvalue weighted by Gasteiger charge is 2.24. The van der Waals surface area contributed by atoms with Crippen LogP contribution in [0.3, 0.4) is 0 Å². The van der Waals surface area contributed by atoms with E-state index < -0.39 is 0 Å². The average molecular weight is 408 g/mol. The topological polar surface area (TPSA) is 65.0 Å². The number of nitrogens with zero attached hydrogens (tertiary/aromatic N) is 3. The Morgan fingerprint density at radius 2 is 1.80 bits per heavy atom. The summed E-state index contributed by atoms with van der Waals surface area (Å²) in [6.45, 7) is 3.40. The van der Waals surface area contributed by atoms with Crippen LogP contribution in [0.15, 0.2) is 53.6 Å². The quantitative estimate of drug-likeness (QED) is 0.799. The van der Waals surface area contributed by atoms with E-state index in [1.807, 2.05) is 0 Å². The molecule has 0 aliphatic carbocycles. The standard InChI is InChI=1S/C23H25FN4O2/c24-20-7-5-17(6-8-20)15-28-22(29)10-9-21(26-28)23(30)25-12-14-27-13-11-18-3-1-2-4-19(18)16-27/h1-8H,9-16H2,(H,25,30). The second-order valence-corrected chi connectivity index (χ2v) is 7.68. The van der Waals surface area contributed by atoms with Crippen molar-refractivity contribution in [3.63, 3.8) is 0 Å². The van der Waals surface area contributed by atoms with Crippen LogP contribution in [-0.2, 0) is 29.1 Å². The number of benzene rings is 2. The summed E-state index contributed by atoms with van der Waals surface area (Å²) in [4.78, 5) is 27.0. The molecule has 0 fully saturated rings. The monoisotopic (exact) mass is 408 g/mol. The Morgan fingerprint density at radius 1 is 1.03 bits per heavy atom. The lowest BCUT2D eigenvalue weighted by atomic mass is 10.00. The van der Waals surface area contributed by atoms with Crippen LogP contribution in [0.2, 0.25) is 0 Å². The van der Waals surface area contributed by atoms with Gasteiger partial charge in [-0.25, -0.2) is 9.40 Å². The lowest BCUT2D eigenvalue weighted by Gasteiger charge is -2.28. The van der Waals surface area contributed by atoms with Crippen molar-refractivity contribution in [3.05, 3.63) is 71.0 Å². The first-order valence-electron chi connectivity index (χ1n) is 10.3. The van der Waals surface area contributed by atoms with E-state index in [1.165, 1.54) is 28.3 Å². The van der Waals surface area contributed by atoms with Crippen LogP contribution in [0, 0.1) is 5.82 Å². The molecule has 0 aromatic heterocycles. The molecule has 7 heteroatoms. The summed E-state index contributed by atoms with van der Waals surface area (Å²) in [6.07, 6.45) is 1.61. The molecule has 6 nitrogen and oxygen atoms in total. The molecule has 0 unspecified atom stereocenters. The van der Waals surface area contributed by atoms with Gasteiger partial charge in [-0.15, -0.1) is 0 Å². The van der Waals surface area contributed by atoms with Crippen molar-refractivity contribution in [2.45, 2.75) is 32.4 Å². The Bertz CT molecular complexity index is 958. The number of rotatable bonds is 6. The Labute approximate surface area is 175 Å². The van der Waals surface area contributed by atoms with Gasteiger partial charge in [0.1, 0.15) is 11.5 Å². The molecule has 1 N–H and O–H groups in total. The Kier molecular flexibility index (Phi) is 6.18. The second kappa shape index (κ2) is 9.17.